The summed E-state index contributed by atoms with van der Waals surface area (Å²) in [5, 5.41) is 9.03. The van der Waals surface area contributed by atoms with Crippen LogP contribution in [0.4, 0.5) is 0 Å². The molecule has 0 amide bonds. The molecule has 1 saturated heterocycles. The third-order valence-corrected chi connectivity index (χ3v) is 2.20. The summed E-state index contributed by atoms with van der Waals surface area (Å²) in [6, 6.07) is -0.0758. The van der Waals surface area contributed by atoms with E-state index >= 15 is 0 Å². The molecule has 0 saturated carbocycles. The van der Waals surface area contributed by atoms with Crippen LogP contribution in [0.1, 0.15) is 6.92 Å². The van der Waals surface area contributed by atoms with E-state index in [2.05, 4.69) is 0 Å². The maximum atomic E-state index is 11.2. The largest absolute Gasteiger partial charge is 0.465 e. The normalized spacial score (nSPS) is 23.4. The number of esters is 1. The highest BCUT2D eigenvalue weighted by Gasteiger charge is 2.24. The van der Waals surface area contributed by atoms with Gasteiger partial charge in [0.25, 0.3) is 0 Å². The van der Waals surface area contributed by atoms with Crippen LogP contribution in [-0.2, 0) is 14.3 Å². The lowest BCUT2D eigenvalue weighted by atomic mass is 10.2. The van der Waals surface area contributed by atoms with Crippen molar-refractivity contribution in [1.29, 1.82) is 0 Å². The summed E-state index contributed by atoms with van der Waals surface area (Å²) in [6.45, 7) is 4.19. The summed E-state index contributed by atoms with van der Waals surface area (Å²) < 4.78 is 10.0. The van der Waals surface area contributed by atoms with Crippen molar-refractivity contribution in [3.05, 3.63) is 0 Å². The number of morpholine rings is 1. The Bertz CT molecular complexity index is 186. The summed E-state index contributed by atoms with van der Waals surface area (Å²) in [7, 11) is 0. The van der Waals surface area contributed by atoms with Crippen molar-refractivity contribution in [2.75, 3.05) is 39.5 Å². The third-order valence-electron chi connectivity index (χ3n) is 2.20. The van der Waals surface area contributed by atoms with Gasteiger partial charge in [-0.2, -0.15) is 0 Å². The van der Waals surface area contributed by atoms with E-state index in [1.54, 1.807) is 6.92 Å². The summed E-state index contributed by atoms with van der Waals surface area (Å²) in [6.07, 6.45) is 0. The predicted molar refractivity (Wildman–Crippen MR) is 49.9 cm³/mol. The number of ether oxygens (including phenoxy) is 2. The Morgan fingerprint density at radius 1 is 1.71 bits per heavy atom. The minimum absolute atomic E-state index is 0.0133. The molecule has 1 aliphatic heterocycles. The minimum atomic E-state index is -0.243. The number of carbonyl (C=O) groups is 1. The average molecular weight is 203 g/mol. The maximum absolute atomic E-state index is 11.2. The molecule has 5 heteroatoms. The van der Waals surface area contributed by atoms with Crippen LogP contribution in [0.25, 0.3) is 0 Å². The SMILES string of the molecule is CCOC(=O)CN1CCOCC1CO. The molecular weight excluding hydrogens is 186 g/mol. The second-order valence-corrected chi connectivity index (χ2v) is 3.19. The molecule has 0 aromatic rings. The van der Waals surface area contributed by atoms with Gasteiger partial charge in [0.1, 0.15) is 0 Å². The molecule has 1 atom stereocenters. The first-order valence-corrected chi connectivity index (χ1v) is 4.86. The molecule has 0 aromatic heterocycles. The zero-order valence-electron chi connectivity index (χ0n) is 8.44. The number of carbonyl (C=O) groups excluding carboxylic acids is 1. The van der Waals surface area contributed by atoms with Crippen molar-refractivity contribution in [1.82, 2.24) is 4.90 Å². The molecule has 1 heterocycles. The minimum Gasteiger partial charge on any atom is -0.465 e. The van der Waals surface area contributed by atoms with Gasteiger partial charge < -0.3 is 14.6 Å². The van der Waals surface area contributed by atoms with Gasteiger partial charge >= 0.3 is 5.97 Å². The first kappa shape index (κ1) is 11.4. The molecular formula is C9H17NO4. The number of aliphatic hydroxyl groups is 1. The van der Waals surface area contributed by atoms with Gasteiger partial charge in [0.15, 0.2) is 0 Å². The van der Waals surface area contributed by atoms with Crippen molar-refractivity contribution in [3.8, 4) is 0 Å². The topological polar surface area (TPSA) is 59.0 Å². The quantitative estimate of drug-likeness (QED) is 0.609. The Hall–Kier alpha value is -0.650. The molecule has 82 valence electrons. The smallest absolute Gasteiger partial charge is 0.320 e. The van der Waals surface area contributed by atoms with Crippen molar-refractivity contribution >= 4 is 5.97 Å². The second kappa shape index (κ2) is 5.95. The second-order valence-electron chi connectivity index (χ2n) is 3.19. The Kier molecular flexibility index (Phi) is 4.86. The molecule has 14 heavy (non-hydrogen) atoms. The van der Waals surface area contributed by atoms with Crippen LogP contribution in [0.15, 0.2) is 0 Å². The van der Waals surface area contributed by atoms with Gasteiger partial charge in [-0.15, -0.1) is 0 Å². The highest BCUT2D eigenvalue weighted by molar-refractivity contribution is 5.71. The molecule has 0 spiro atoms. The van der Waals surface area contributed by atoms with Crippen molar-refractivity contribution in [2.24, 2.45) is 0 Å². The Labute approximate surface area is 83.6 Å². The van der Waals surface area contributed by atoms with E-state index in [0.717, 1.165) is 0 Å². The van der Waals surface area contributed by atoms with Crippen LogP contribution in [0.2, 0.25) is 0 Å². The van der Waals surface area contributed by atoms with Crippen LogP contribution >= 0.6 is 0 Å². The van der Waals surface area contributed by atoms with Gasteiger partial charge in [-0.1, -0.05) is 0 Å². The first-order chi connectivity index (χ1) is 6.77. The molecule has 5 nitrogen and oxygen atoms in total. The predicted octanol–water partition coefficient (Wildman–Crippen LogP) is -0.757. The van der Waals surface area contributed by atoms with E-state index in [1.165, 1.54) is 0 Å². The van der Waals surface area contributed by atoms with E-state index < -0.39 is 0 Å². The molecule has 0 radical (unpaired) electrons. The van der Waals surface area contributed by atoms with E-state index in [-0.39, 0.29) is 25.2 Å². The van der Waals surface area contributed by atoms with Gasteiger partial charge in [0, 0.05) is 6.54 Å². The summed E-state index contributed by atoms with van der Waals surface area (Å²) in [5.41, 5.74) is 0. The fraction of sp³-hybridized carbons (Fsp3) is 0.889. The number of hydrogen-bond acceptors (Lipinski definition) is 5. The fourth-order valence-electron chi connectivity index (χ4n) is 1.44. The van der Waals surface area contributed by atoms with E-state index in [1.807, 2.05) is 4.90 Å². The zero-order chi connectivity index (χ0) is 10.4. The van der Waals surface area contributed by atoms with Crippen LogP contribution in [0.3, 0.4) is 0 Å². The third kappa shape index (κ3) is 3.25. The Morgan fingerprint density at radius 2 is 2.50 bits per heavy atom. The van der Waals surface area contributed by atoms with Gasteiger partial charge in [0.2, 0.25) is 0 Å². The summed E-state index contributed by atoms with van der Waals surface area (Å²) in [5.74, 6) is -0.243. The fourth-order valence-corrected chi connectivity index (χ4v) is 1.44. The lowest BCUT2D eigenvalue weighted by Crippen LogP contribution is -2.49. The summed E-state index contributed by atoms with van der Waals surface area (Å²) >= 11 is 0. The molecule has 1 rings (SSSR count). The van der Waals surface area contributed by atoms with E-state index in [4.69, 9.17) is 14.6 Å². The van der Waals surface area contributed by atoms with Crippen molar-refractivity contribution in [2.45, 2.75) is 13.0 Å². The number of rotatable bonds is 4. The Morgan fingerprint density at radius 3 is 3.14 bits per heavy atom. The molecule has 0 aromatic carbocycles. The maximum Gasteiger partial charge on any atom is 0.320 e. The number of hydrogen-bond donors (Lipinski definition) is 1. The van der Waals surface area contributed by atoms with Gasteiger partial charge in [-0.05, 0) is 6.92 Å². The zero-order valence-corrected chi connectivity index (χ0v) is 8.44. The molecule has 1 N–H and O–H groups in total. The van der Waals surface area contributed by atoms with E-state index in [9.17, 15) is 4.79 Å². The Balaban J connectivity index is 2.36. The highest BCUT2D eigenvalue weighted by atomic mass is 16.5. The van der Waals surface area contributed by atoms with Crippen LogP contribution in [0.5, 0.6) is 0 Å². The summed E-state index contributed by atoms with van der Waals surface area (Å²) in [4.78, 5) is 13.1. The van der Waals surface area contributed by atoms with Gasteiger partial charge in [0.05, 0.1) is 39.0 Å². The molecule has 1 aliphatic rings. The first-order valence-electron chi connectivity index (χ1n) is 4.86. The van der Waals surface area contributed by atoms with Crippen LogP contribution in [0, 0.1) is 0 Å². The monoisotopic (exact) mass is 203 g/mol. The molecule has 0 bridgehead atoms. The molecule has 1 fully saturated rings. The molecule has 1 unspecified atom stereocenters. The van der Waals surface area contributed by atoms with E-state index in [0.29, 0.717) is 26.4 Å². The average Bonchev–Trinajstić information content (AvgIpc) is 2.19. The van der Waals surface area contributed by atoms with Gasteiger partial charge in [-0.3, -0.25) is 9.69 Å². The standard InChI is InChI=1S/C9H17NO4/c1-2-14-9(12)5-10-3-4-13-7-8(10)6-11/h8,11H,2-7H2,1H3. The lowest BCUT2D eigenvalue weighted by Gasteiger charge is -2.33. The van der Waals surface area contributed by atoms with Crippen molar-refractivity contribution in [3.63, 3.8) is 0 Å². The van der Waals surface area contributed by atoms with Crippen molar-refractivity contribution < 1.29 is 19.4 Å². The van der Waals surface area contributed by atoms with Crippen LogP contribution < -0.4 is 0 Å². The molecule has 0 aliphatic carbocycles. The highest BCUT2D eigenvalue weighted by Crippen LogP contribution is 2.05. The van der Waals surface area contributed by atoms with Gasteiger partial charge in [-0.25, -0.2) is 0 Å². The number of aliphatic hydroxyl groups excluding tert-OH is 1. The van der Waals surface area contributed by atoms with Crippen LogP contribution in [-0.4, -0.2) is 61.5 Å². The number of nitrogens with zero attached hydrogens (tertiary/aromatic N) is 1. The lowest BCUT2D eigenvalue weighted by molar-refractivity contribution is -0.147.